The molecule has 0 saturated heterocycles. The molecular weight excluding hydrogens is 220 g/mol. The van der Waals surface area contributed by atoms with Gasteiger partial charge in [-0.05, 0) is 11.8 Å². The molecule has 2 atom stereocenters. The molecule has 5 nitrogen and oxygen atoms in total. The molecule has 1 amide bonds. The van der Waals surface area contributed by atoms with E-state index in [2.05, 4.69) is 0 Å². The van der Waals surface area contributed by atoms with Crippen LogP contribution in [0, 0.1) is 28.1 Å². The van der Waals surface area contributed by atoms with Crippen molar-refractivity contribution in [2.45, 2.75) is 33.6 Å². The zero-order valence-corrected chi connectivity index (χ0v) is 10.4. The Labute approximate surface area is 101 Å². The summed E-state index contributed by atoms with van der Waals surface area (Å²) in [5.74, 6) is -0.640. The third kappa shape index (κ3) is 2.57. The van der Waals surface area contributed by atoms with E-state index in [-0.39, 0.29) is 17.8 Å². The summed E-state index contributed by atoms with van der Waals surface area (Å²) >= 11 is 0. The number of nitrogens with zero attached hydrogens (tertiary/aromatic N) is 1. The number of hydrogen-bond acceptors (Lipinski definition) is 4. The van der Waals surface area contributed by atoms with Crippen molar-refractivity contribution < 1.29 is 14.3 Å². The highest BCUT2D eigenvalue weighted by Gasteiger charge is 2.50. The lowest BCUT2D eigenvalue weighted by Crippen LogP contribution is -2.48. The van der Waals surface area contributed by atoms with Crippen LogP contribution in [0.25, 0.3) is 0 Å². The van der Waals surface area contributed by atoms with Crippen molar-refractivity contribution in [1.29, 1.82) is 5.26 Å². The predicted octanol–water partition coefficient (Wildman–Crippen LogP) is 1.62. The van der Waals surface area contributed by atoms with Crippen LogP contribution in [0.5, 0.6) is 0 Å². The van der Waals surface area contributed by atoms with Gasteiger partial charge in [0.05, 0.1) is 12.7 Å². The fraction of sp³-hybridized carbons (Fsp3) is 0.750. The van der Waals surface area contributed by atoms with Crippen LogP contribution >= 0.6 is 0 Å². The van der Waals surface area contributed by atoms with Crippen LogP contribution in [0.15, 0.2) is 0 Å². The molecule has 1 aliphatic carbocycles. The van der Waals surface area contributed by atoms with Crippen molar-refractivity contribution >= 4 is 11.9 Å². The smallest absolute Gasteiger partial charge is 0.404 e. The van der Waals surface area contributed by atoms with Crippen molar-refractivity contribution in [3.63, 3.8) is 0 Å². The van der Waals surface area contributed by atoms with Gasteiger partial charge in [-0.15, -0.1) is 0 Å². The minimum Gasteiger partial charge on any atom is -0.449 e. The maximum atomic E-state index is 11.7. The molecule has 1 fully saturated rings. The second kappa shape index (κ2) is 4.36. The SMILES string of the molecule is CC1(C)CC(=O)C(C#N)CC1(C)COC(N)=O. The number of primary amides is 1. The first-order valence-electron chi connectivity index (χ1n) is 5.56. The Morgan fingerprint density at radius 2 is 2.18 bits per heavy atom. The van der Waals surface area contributed by atoms with Gasteiger partial charge in [-0.2, -0.15) is 5.26 Å². The molecule has 0 aliphatic heterocycles. The van der Waals surface area contributed by atoms with E-state index in [1.807, 2.05) is 26.8 Å². The highest BCUT2D eigenvalue weighted by Crippen LogP contribution is 2.50. The molecule has 2 N–H and O–H groups in total. The molecule has 1 saturated carbocycles. The number of rotatable bonds is 2. The Kier molecular flexibility index (Phi) is 3.46. The monoisotopic (exact) mass is 238 g/mol. The highest BCUT2D eigenvalue weighted by molar-refractivity contribution is 5.85. The van der Waals surface area contributed by atoms with Crippen LogP contribution < -0.4 is 5.73 Å². The van der Waals surface area contributed by atoms with Gasteiger partial charge >= 0.3 is 6.09 Å². The number of hydrogen-bond donors (Lipinski definition) is 1. The van der Waals surface area contributed by atoms with Gasteiger partial charge in [0.25, 0.3) is 0 Å². The Bertz CT molecular complexity index is 384. The molecule has 0 aromatic rings. The van der Waals surface area contributed by atoms with Crippen molar-refractivity contribution in [1.82, 2.24) is 0 Å². The summed E-state index contributed by atoms with van der Waals surface area (Å²) in [6.45, 7) is 5.96. The molecular formula is C12H18N2O3. The second-order valence-corrected chi connectivity index (χ2v) is 5.58. The Hall–Kier alpha value is -1.57. The molecule has 94 valence electrons. The van der Waals surface area contributed by atoms with Crippen LogP contribution in [-0.2, 0) is 9.53 Å². The largest absolute Gasteiger partial charge is 0.449 e. The van der Waals surface area contributed by atoms with E-state index in [9.17, 15) is 9.59 Å². The fourth-order valence-corrected chi connectivity index (χ4v) is 2.22. The zero-order valence-electron chi connectivity index (χ0n) is 10.4. The van der Waals surface area contributed by atoms with E-state index in [4.69, 9.17) is 15.7 Å². The number of ketones is 1. The minimum absolute atomic E-state index is 0.0333. The lowest BCUT2D eigenvalue weighted by Gasteiger charge is -2.48. The van der Waals surface area contributed by atoms with Gasteiger partial charge in [0, 0.05) is 11.8 Å². The maximum Gasteiger partial charge on any atom is 0.404 e. The van der Waals surface area contributed by atoms with Gasteiger partial charge in [-0.1, -0.05) is 20.8 Å². The topological polar surface area (TPSA) is 93.2 Å². The Morgan fingerprint density at radius 1 is 1.59 bits per heavy atom. The number of nitrogens with two attached hydrogens (primary N) is 1. The van der Waals surface area contributed by atoms with Gasteiger partial charge in [0.2, 0.25) is 0 Å². The van der Waals surface area contributed by atoms with E-state index in [0.717, 1.165) is 0 Å². The number of amides is 1. The number of nitriles is 1. The average Bonchev–Trinajstić information content (AvgIpc) is 2.20. The van der Waals surface area contributed by atoms with Gasteiger partial charge in [0.1, 0.15) is 5.92 Å². The third-order valence-electron chi connectivity index (χ3n) is 3.98. The number of Topliss-reactive ketones (excluding diaryl/α,β-unsaturated/α-hetero) is 1. The first-order valence-corrected chi connectivity index (χ1v) is 5.56. The van der Waals surface area contributed by atoms with Crippen LogP contribution in [0.2, 0.25) is 0 Å². The first-order chi connectivity index (χ1) is 7.72. The lowest BCUT2D eigenvalue weighted by molar-refractivity contribution is -0.134. The second-order valence-electron chi connectivity index (χ2n) is 5.58. The summed E-state index contributed by atoms with van der Waals surface area (Å²) in [6, 6.07) is 2.01. The third-order valence-corrected chi connectivity index (χ3v) is 3.98. The van der Waals surface area contributed by atoms with Gasteiger partial charge < -0.3 is 10.5 Å². The highest BCUT2D eigenvalue weighted by atomic mass is 16.5. The van der Waals surface area contributed by atoms with Gasteiger partial charge in [0.15, 0.2) is 5.78 Å². The Balaban J connectivity index is 2.91. The van der Waals surface area contributed by atoms with Crippen LogP contribution in [0.4, 0.5) is 4.79 Å². The molecule has 0 bridgehead atoms. The van der Waals surface area contributed by atoms with Crippen molar-refractivity contribution in [3.05, 3.63) is 0 Å². The molecule has 0 heterocycles. The molecule has 5 heteroatoms. The van der Waals surface area contributed by atoms with Gasteiger partial charge in [-0.25, -0.2) is 4.79 Å². The summed E-state index contributed by atoms with van der Waals surface area (Å²) in [6.07, 6.45) is -0.0978. The normalized spacial score (nSPS) is 31.6. The summed E-state index contributed by atoms with van der Waals surface area (Å²) in [5.41, 5.74) is 4.24. The van der Waals surface area contributed by atoms with E-state index in [1.54, 1.807) is 0 Å². The van der Waals surface area contributed by atoms with Crippen LogP contribution in [-0.4, -0.2) is 18.5 Å². The summed E-state index contributed by atoms with van der Waals surface area (Å²) < 4.78 is 4.87. The quantitative estimate of drug-likeness (QED) is 0.790. The van der Waals surface area contributed by atoms with E-state index >= 15 is 0 Å². The van der Waals surface area contributed by atoms with Gasteiger partial charge in [-0.3, -0.25) is 4.79 Å². The fourth-order valence-electron chi connectivity index (χ4n) is 2.22. The summed E-state index contributed by atoms with van der Waals surface area (Å²) in [5, 5.41) is 8.94. The minimum atomic E-state index is -0.826. The molecule has 17 heavy (non-hydrogen) atoms. The molecule has 1 aliphatic rings. The summed E-state index contributed by atoms with van der Waals surface area (Å²) in [4.78, 5) is 22.4. The molecule has 1 rings (SSSR count). The van der Waals surface area contributed by atoms with Crippen molar-refractivity contribution in [2.75, 3.05) is 6.61 Å². The average molecular weight is 238 g/mol. The molecule has 0 radical (unpaired) electrons. The van der Waals surface area contributed by atoms with Crippen molar-refractivity contribution in [3.8, 4) is 6.07 Å². The van der Waals surface area contributed by atoms with Crippen LogP contribution in [0.3, 0.4) is 0 Å². The summed E-state index contributed by atoms with van der Waals surface area (Å²) in [7, 11) is 0. The van der Waals surface area contributed by atoms with E-state index in [1.165, 1.54) is 0 Å². The van der Waals surface area contributed by atoms with Crippen molar-refractivity contribution in [2.24, 2.45) is 22.5 Å². The first kappa shape index (κ1) is 13.5. The Morgan fingerprint density at radius 3 is 2.65 bits per heavy atom. The predicted molar refractivity (Wildman–Crippen MR) is 60.8 cm³/mol. The molecule has 0 spiro atoms. The number of carbonyl (C=O) groups excluding carboxylic acids is 2. The standard InChI is InChI=1S/C12H18N2O3/c1-11(2)5-9(15)8(6-13)4-12(11,3)7-17-10(14)16/h8H,4-5,7H2,1-3H3,(H2,14,16). The molecule has 2 unspecified atom stereocenters. The maximum absolute atomic E-state index is 11.7. The number of carbonyl (C=O) groups is 2. The van der Waals surface area contributed by atoms with Crippen LogP contribution in [0.1, 0.15) is 33.6 Å². The van der Waals surface area contributed by atoms with E-state index < -0.39 is 17.4 Å². The zero-order chi connectivity index (χ0) is 13.3. The lowest BCUT2D eigenvalue weighted by atomic mass is 9.56. The molecule has 0 aromatic heterocycles. The molecule has 0 aromatic carbocycles. The van der Waals surface area contributed by atoms with E-state index in [0.29, 0.717) is 12.8 Å². The number of ether oxygens (including phenoxy) is 1.